The second kappa shape index (κ2) is 5.60. The van der Waals surface area contributed by atoms with Gasteiger partial charge >= 0.3 is 0 Å². The summed E-state index contributed by atoms with van der Waals surface area (Å²) in [6.45, 7) is 8.62. The fourth-order valence-electron chi connectivity index (χ4n) is 3.72. The summed E-state index contributed by atoms with van der Waals surface area (Å²) in [4.78, 5) is 15.2. The van der Waals surface area contributed by atoms with Gasteiger partial charge in [-0.3, -0.25) is 4.79 Å². The molecule has 104 valence electrons. The first-order chi connectivity index (χ1) is 8.60. The van der Waals surface area contributed by atoms with Gasteiger partial charge in [-0.1, -0.05) is 6.92 Å². The number of rotatable bonds is 2. The van der Waals surface area contributed by atoms with Crippen molar-refractivity contribution in [1.82, 2.24) is 10.2 Å². The van der Waals surface area contributed by atoms with Gasteiger partial charge in [0.2, 0.25) is 5.91 Å². The monoisotopic (exact) mass is 252 g/mol. The number of carbonyl (C=O) groups excluding carboxylic acids is 1. The summed E-state index contributed by atoms with van der Waals surface area (Å²) in [7, 11) is 0. The maximum absolute atomic E-state index is 13.0. The van der Waals surface area contributed by atoms with E-state index in [1.165, 1.54) is 19.3 Å². The third kappa shape index (κ3) is 2.42. The molecule has 2 aliphatic heterocycles. The van der Waals surface area contributed by atoms with E-state index in [2.05, 4.69) is 31.0 Å². The molecule has 2 atom stereocenters. The minimum atomic E-state index is -0.0783. The average Bonchev–Trinajstić information content (AvgIpc) is 2.39. The number of hydrogen-bond donors (Lipinski definition) is 1. The van der Waals surface area contributed by atoms with Crippen molar-refractivity contribution in [3.63, 3.8) is 0 Å². The van der Waals surface area contributed by atoms with Crippen LogP contribution in [0, 0.1) is 5.41 Å². The molecule has 1 N–H and O–H groups in total. The minimum Gasteiger partial charge on any atom is -0.337 e. The quantitative estimate of drug-likeness (QED) is 0.819. The number of nitrogens with one attached hydrogen (secondary N) is 1. The highest BCUT2D eigenvalue weighted by Crippen LogP contribution is 2.37. The van der Waals surface area contributed by atoms with Crippen molar-refractivity contribution in [1.29, 1.82) is 0 Å². The summed E-state index contributed by atoms with van der Waals surface area (Å²) in [5.74, 6) is 0.436. The van der Waals surface area contributed by atoms with Crippen molar-refractivity contribution < 1.29 is 4.79 Å². The fraction of sp³-hybridized carbons (Fsp3) is 0.933. The molecule has 0 aliphatic carbocycles. The molecule has 0 aromatic heterocycles. The molecule has 0 saturated carbocycles. The van der Waals surface area contributed by atoms with E-state index in [-0.39, 0.29) is 5.41 Å². The zero-order valence-electron chi connectivity index (χ0n) is 12.2. The Balaban J connectivity index is 2.16. The number of amides is 1. The first kappa shape index (κ1) is 13.9. The topological polar surface area (TPSA) is 32.3 Å². The highest BCUT2D eigenvalue weighted by molar-refractivity contribution is 5.83. The van der Waals surface area contributed by atoms with E-state index < -0.39 is 0 Å². The van der Waals surface area contributed by atoms with Crippen molar-refractivity contribution in [2.75, 3.05) is 13.1 Å². The Labute approximate surface area is 111 Å². The Morgan fingerprint density at radius 2 is 1.78 bits per heavy atom. The molecule has 2 heterocycles. The molecule has 2 rings (SSSR count). The van der Waals surface area contributed by atoms with Crippen LogP contribution in [-0.2, 0) is 4.79 Å². The summed E-state index contributed by atoms with van der Waals surface area (Å²) in [5.41, 5.74) is -0.0783. The zero-order valence-corrected chi connectivity index (χ0v) is 12.2. The Kier molecular flexibility index (Phi) is 4.31. The van der Waals surface area contributed by atoms with Gasteiger partial charge in [0.25, 0.3) is 0 Å². The molecular formula is C15H28N2O. The number of nitrogens with zero attached hydrogens (tertiary/aromatic N) is 1. The van der Waals surface area contributed by atoms with Crippen molar-refractivity contribution in [2.45, 2.75) is 71.4 Å². The SMILES string of the molecule is CCC1(C(=O)N2[C@H](C)CCC[C@@H]2C)CCNCC1. The highest BCUT2D eigenvalue weighted by atomic mass is 16.2. The van der Waals surface area contributed by atoms with Crippen LogP contribution in [0.3, 0.4) is 0 Å². The number of hydrogen-bond acceptors (Lipinski definition) is 2. The van der Waals surface area contributed by atoms with Crippen LogP contribution in [0.5, 0.6) is 0 Å². The number of likely N-dealkylation sites (tertiary alicyclic amines) is 1. The average molecular weight is 252 g/mol. The zero-order chi connectivity index (χ0) is 13.2. The van der Waals surface area contributed by atoms with Crippen molar-refractivity contribution >= 4 is 5.91 Å². The van der Waals surface area contributed by atoms with Crippen LogP contribution < -0.4 is 5.32 Å². The largest absolute Gasteiger partial charge is 0.337 e. The van der Waals surface area contributed by atoms with Gasteiger partial charge in [-0.2, -0.15) is 0 Å². The third-order valence-electron chi connectivity index (χ3n) is 5.12. The molecule has 0 spiro atoms. The van der Waals surface area contributed by atoms with E-state index in [1.807, 2.05) is 0 Å². The summed E-state index contributed by atoms with van der Waals surface area (Å²) in [5, 5.41) is 3.38. The molecule has 0 unspecified atom stereocenters. The Morgan fingerprint density at radius 3 is 2.28 bits per heavy atom. The molecule has 2 aliphatic rings. The van der Waals surface area contributed by atoms with Crippen molar-refractivity contribution in [2.24, 2.45) is 5.41 Å². The van der Waals surface area contributed by atoms with Gasteiger partial charge in [0.1, 0.15) is 0 Å². The molecule has 2 saturated heterocycles. The molecule has 18 heavy (non-hydrogen) atoms. The molecular weight excluding hydrogens is 224 g/mol. The predicted octanol–water partition coefficient (Wildman–Crippen LogP) is 2.56. The van der Waals surface area contributed by atoms with Gasteiger partial charge in [-0.05, 0) is 65.5 Å². The van der Waals surface area contributed by atoms with Crippen LogP contribution in [0.25, 0.3) is 0 Å². The predicted molar refractivity (Wildman–Crippen MR) is 74.4 cm³/mol. The standard InChI is InChI=1S/C15H28N2O/c1-4-15(8-10-16-11-9-15)14(18)17-12(2)6-5-7-13(17)3/h12-13,16H,4-11H2,1-3H3/t12-,13+. The third-order valence-corrected chi connectivity index (χ3v) is 5.12. The summed E-state index contributed by atoms with van der Waals surface area (Å²) < 4.78 is 0. The van der Waals surface area contributed by atoms with E-state index in [9.17, 15) is 4.79 Å². The fourth-order valence-corrected chi connectivity index (χ4v) is 3.72. The normalized spacial score (nSPS) is 32.3. The number of carbonyl (C=O) groups is 1. The van der Waals surface area contributed by atoms with Gasteiger partial charge in [0.15, 0.2) is 0 Å². The molecule has 3 nitrogen and oxygen atoms in total. The van der Waals surface area contributed by atoms with Gasteiger partial charge in [-0.25, -0.2) is 0 Å². The molecule has 0 bridgehead atoms. The minimum absolute atomic E-state index is 0.0783. The molecule has 0 aromatic carbocycles. The second-order valence-electron chi connectivity index (χ2n) is 6.23. The molecule has 3 heteroatoms. The van der Waals surface area contributed by atoms with Crippen LogP contribution in [-0.4, -0.2) is 36.0 Å². The highest BCUT2D eigenvalue weighted by Gasteiger charge is 2.43. The van der Waals surface area contributed by atoms with Gasteiger partial charge in [0.05, 0.1) is 5.41 Å². The van der Waals surface area contributed by atoms with Crippen LogP contribution >= 0.6 is 0 Å². The lowest BCUT2D eigenvalue weighted by Crippen LogP contribution is -2.55. The summed E-state index contributed by atoms with van der Waals surface area (Å²) in [6, 6.07) is 0.860. The summed E-state index contributed by atoms with van der Waals surface area (Å²) >= 11 is 0. The lowest BCUT2D eigenvalue weighted by Gasteiger charge is -2.46. The van der Waals surface area contributed by atoms with E-state index in [0.717, 1.165) is 32.4 Å². The van der Waals surface area contributed by atoms with E-state index >= 15 is 0 Å². The Hall–Kier alpha value is -0.570. The lowest BCUT2D eigenvalue weighted by molar-refractivity contribution is -0.150. The van der Waals surface area contributed by atoms with E-state index in [1.54, 1.807) is 0 Å². The van der Waals surface area contributed by atoms with Gasteiger partial charge in [-0.15, -0.1) is 0 Å². The second-order valence-corrected chi connectivity index (χ2v) is 6.23. The maximum atomic E-state index is 13.0. The maximum Gasteiger partial charge on any atom is 0.229 e. The van der Waals surface area contributed by atoms with E-state index in [0.29, 0.717) is 18.0 Å². The Bertz CT molecular complexity index is 287. The van der Waals surface area contributed by atoms with Crippen LogP contribution in [0.2, 0.25) is 0 Å². The van der Waals surface area contributed by atoms with E-state index in [4.69, 9.17) is 0 Å². The van der Waals surface area contributed by atoms with Gasteiger partial charge in [0, 0.05) is 12.1 Å². The molecule has 0 radical (unpaired) electrons. The number of piperidine rings is 2. The smallest absolute Gasteiger partial charge is 0.229 e. The molecule has 0 aromatic rings. The lowest BCUT2D eigenvalue weighted by atomic mass is 9.74. The first-order valence-electron chi connectivity index (χ1n) is 7.64. The molecule has 1 amide bonds. The van der Waals surface area contributed by atoms with Crippen LogP contribution in [0.15, 0.2) is 0 Å². The van der Waals surface area contributed by atoms with Crippen LogP contribution in [0.4, 0.5) is 0 Å². The van der Waals surface area contributed by atoms with Crippen molar-refractivity contribution in [3.05, 3.63) is 0 Å². The molecule has 2 fully saturated rings. The first-order valence-corrected chi connectivity index (χ1v) is 7.64. The summed E-state index contributed by atoms with van der Waals surface area (Å²) in [6.07, 6.45) is 6.63. The van der Waals surface area contributed by atoms with Crippen LogP contribution in [0.1, 0.15) is 59.3 Å². The Morgan fingerprint density at radius 1 is 1.22 bits per heavy atom. The van der Waals surface area contributed by atoms with Crippen molar-refractivity contribution in [3.8, 4) is 0 Å². The van der Waals surface area contributed by atoms with Gasteiger partial charge < -0.3 is 10.2 Å².